The highest BCUT2D eigenvalue weighted by molar-refractivity contribution is 5.96. The monoisotopic (exact) mass is 253 g/mol. The van der Waals surface area contributed by atoms with E-state index in [1.807, 2.05) is 0 Å². The molecule has 0 unspecified atom stereocenters. The fraction of sp³-hybridized carbons (Fsp3) is 0.538. The van der Waals surface area contributed by atoms with Gasteiger partial charge in [-0.05, 0) is 12.3 Å². The Hall–Kier alpha value is -1.78. The molecule has 1 aromatic rings. The largest absolute Gasteiger partial charge is 0.478 e. The number of furan rings is 1. The van der Waals surface area contributed by atoms with Crippen molar-refractivity contribution in [2.24, 2.45) is 5.92 Å². The van der Waals surface area contributed by atoms with Gasteiger partial charge in [0.1, 0.15) is 11.3 Å². The molecule has 5 nitrogen and oxygen atoms in total. The second-order valence-corrected chi connectivity index (χ2v) is 4.54. The van der Waals surface area contributed by atoms with Crippen LogP contribution in [0.3, 0.4) is 0 Å². The Morgan fingerprint density at radius 2 is 2.11 bits per heavy atom. The second-order valence-electron chi connectivity index (χ2n) is 4.54. The van der Waals surface area contributed by atoms with Crippen LogP contribution in [0.4, 0.5) is 0 Å². The Kier molecular flexibility index (Phi) is 4.95. The molecule has 5 heteroatoms. The molecular formula is C13H19NO4. The summed E-state index contributed by atoms with van der Waals surface area (Å²) < 4.78 is 5.25. The van der Waals surface area contributed by atoms with E-state index >= 15 is 0 Å². The second kappa shape index (κ2) is 6.23. The zero-order valence-electron chi connectivity index (χ0n) is 10.9. The number of rotatable bonds is 6. The van der Waals surface area contributed by atoms with Gasteiger partial charge >= 0.3 is 5.97 Å². The molecule has 0 radical (unpaired) electrons. The molecule has 1 amide bonds. The van der Waals surface area contributed by atoms with Crippen LogP contribution in [0.1, 0.15) is 53.9 Å². The molecule has 0 aliphatic heterocycles. The molecule has 1 heterocycles. The molecule has 1 rings (SSSR count). The first-order chi connectivity index (χ1) is 8.45. The maximum absolute atomic E-state index is 11.7. The molecule has 0 bridgehead atoms. The van der Waals surface area contributed by atoms with Crippen LogP contribution in [0.2, 0.25) is 0 Å². The van der Waals surface area contributed by atoms with E-state index in [0.717, 1.165) is 6.42 Å². The molecule has 0 saturated heterocycles. The number of carbonyl (C=O) groups is 2. The average molecular weight is 253 g/mol. The molecule has 0 saturated carbocycles. The van der Waals surface area contributed by atoms with Crippen molar-refractivity contribution in [3.05, 3.63) is 23.2 Å². The first-order valence-corrected chi connectivity index (χ1v) is 6.09. The van der Waals surface area contributed by atoms with Crippen LogP contribution >= 0.6 is 0 Å². The van der Waals surface area contributed by atoms with Crippen LogP contribution in [0.25, 0.3) is 0 Å². The molecule has 2 N–H and O–H groups in total. The Morgan fingerprint density at radius 3 is 2.56 bits per heavy atom. The number of carboxylic acid groups (broad SMARTS) is 1. The third kappa shape index (κ3) is 3.61. The van der Waals surface area contributed by atoms with Crippen LogP contribution in [-0.4, -0.2) is 23.5 Å². The lowest BCUT2D eigenvalue weighted by Gasteiger charge is -2.05. The molecule has 18 heavy (non-hydrogen) atoms. The van der Waals surface area contributed by atoms with Crippen molar-refractivity contribution in [2.45, 2.75) is 33.6 Å². The van der Waals surface area contributed by atoms with Crippen LogP contribution in [-0.2, 0) is 6.42 Å². The van der Waals surface area contributed by atoms with E-state index in [4.69, 9.17) is 9.52 Å². The van der Waals surface area contributed by atoms with Gasteiger partial charge in [0, 0.05) is 19.0 Å². The van der Waals surface area contributed by atoms with Gasteiger partial charge < -0.3 is 14.8 Å². The van der Waals surface area contributed by atoms with Gasteiger partial charge in [0.15, 0.2) is 5.76 Å². The Labute approximate surface area is 106 Å². The smallest absolute Gasteiger partial charge is 0.339 e. The Morgan fingerprint density at radius 1 is 1.44 bits per heavy atom. The SMILES string of the molecule is CCc1oc(C(=O)NCCC(C)C)cc1C(=O)O. The minimum absolute atomic E-state index is 0.0616. The number of hydrogen-bond donors (Lipinski definition) is 2. The van der Waals surface area contributed by atoms with Crippen molar-refractivity contribution < 1.29 is 19.1 Å². The molecule has 0 atom stereocenters. The molecule has 0 aliphatic carbocycles. The zero-order chi connectivity index (χ0) is 13.7. The van der Waals surface area contributed by atoms with Gasteiger partial charge in [-0.1, -0.05) is 20.8 Å². The minimum Gasteiger partial charge on any atom is -0.478 e. The van der Waals surface area contributed by atoms with Gasteiger partial charge in [-0.25, -0.2) is 4.79 Å². The van der Waals surface area contributed by atoms with E-state index in [1.165, 1.54) is 6.07 Å². The highest BCUT2D eigenvalue weighted by atomic mass is 16.4. The first-order valence-electron chi connectivity index (χ1n) is 6.09. The third-order valence-corrected chi connectivity index (χ3v) is 2.59. The molecule has 100 valence electrons. The van der Waals surface area contributed by atoms with E-state index in [0.29, 0.717) is 24.6 Å². The summed E-state index contributed by atoms with van der Waals surface area (Å²) in [5.74, 6) is -0.540. The van der Waals surface area contributed by atoms with Gasteiger partial charge in [0.2, 0.25) is 0 Å². The quantitative estimate of drug-likeness (QED) is 0.815. The van der Waals surface area contributed by atoms with Crippen LogP contribution < -0.4 is 5.32 Å². The lowest BCUT2D eigenvalue weighted by molar-refractivity contribution is 0.0694. The topological polar surface area (TPSA) is 79.5 Å². The number of carbonyl (C=O) groups excluding carboxylic acids is 1. The summed E-state index contributed by atoms with van der Waals surface area (Å²) in [5.41, 5.74) is 0.0616. The molecule has 0 fully saturated rings. The normalized spacial score (nSPS) is 10.7. The van der Waals surface area contributed by atoms with Crippen LogP contribution in [0.15, 0.2) is 10.5 Å². The fourth-order valence-corrected chi connectivity index (χ4v) is 1.55. The van der Waals surface area contributed by atoms with E-state index in [1.54, 1.807) is 6.92 Å². The summed E-state index contributed by atoms with van der Waals surface area (Å²) >= 11 is 0. The zero-order valence-corrected chi connectivity index (χ0v) is 10.9. The number of aromatic carboxylic acids is 1. The van der Waals surface area contributed by atoms with Crippen LogP contribution in [0.5, 0.6) is 0 Å². The summed E-state index contributed by atoms with van der Waals surface area (Å²) in [6.07, 6.45) is 1.32. The molecule has 0 spiro atoms. The highest BCUT2D eigenvalue weighted by Gasteiger charge is 2.19. The highest BCUT2D eigenvalue weighted by Crippen LogP contribution is 2.16. The Bertz CT molecular complexity index is 434. The van der Waals surface area contributed by atoms with Crippen molar-refractivity contribution in [3.63, 3.8) is 0 Å². The van der Waals surface area contributed by atoms with Crippen molar-refractivity contribution in [1.82, 2.24) is 5.32 Å². The standard InChI is InChI=1S/C13H19NO4/c1-4-10-9(13(16)17)7-11(18-10)12(15)14-6-5-8(2)3/h7-8H,4-6H2,1-3H3,(H,14,15)(H,16,17). The number of amides is 1. The van der Waals surface area contributed by atoms with Gasteiger partial charge in [-0.2, -0.15) is 0 Å². The van der Waals surface area contributed by atoms with Crippen molar-refractivity contribution in [1.29, 1.82) is 0 Å². The summed E-state index contributed by atoms with van der Waals surface area (Å²) in [7, 11) is 0. The van der Waals surface area contributed by atoms with Gasteiger partial charge in [-0.15, -0.1) is 0 Å². The molecule has 0 aliphatic rings. The fourth-order valence-electron chi connectivity index (χ4n) is 1.55. The average Bonchev–Trinajstić information content (AvgIpc) is 2.72. The number of carboxylic acids is 1. The van der Waals surface area contributed by atoms with Gasteiger partial charge in [0.25, 0.3) is 5.91 Å². The minimum atomic E-state index is -1.07. The predicted octanol–water partition coefficient (Wildman–Crippen LogP) is 2.32. The maximum Gasteiger partial charge on any atom is 0.339 e. The predicted molar refractivity (Wildman–Crippen MR) is 66.8 cm³/mol. The van der Waals surface area contributed by atoms with E-state index in [-0.39, 0.29) is 17.2 Å². The molecular weight excluding hydrogens is 234 g/mol. The number of hydrogen-bond acceptors (Lipinski definition) is 3. The van der Waals surface area contributed by atoms with Crippen molar-refractivity contribution in [2.75, 3.05) is 6.54 Å². The van der Waals surface area contributed by atoms with Crippen molar-refractivity contribution in [3.8, 4) is 0 Å². The van der Waals surface area contributed by atoms with Gasteiger partial charge in [0.05, 0.1) is 0 Å². The van der Waals surface area contributed by atoms with Crippen LogP contribution in [0, 0.1) is 5.92 Å². The summed E-state index contributed by atoms with van der Waals surface area (Å²) in [6.45, 7) is 6.47. The van der Waals surface area contributed by atoms with Gasteiger partial charge in [-0.3, -0.25) is 4.79 Å². The van der Waals surface area contributed by atoms with Crippen molar-refractivity contribution >= 4 is 11.9 Å². The third-order valence-electron chi connectivity index (χ3n) is 2.59. The molecule has 0 aromatic carbocycles. The van der Waals surface area contributed by atoms with E-state index in [9.17, 15) is 9.59 Å². The lowest BCUT2D eigenvalue weighted by atomic mass is 10.1. The maximum atomic E-state index is 11.7. The van der Waals surface area contributed by atoms with E-state index in [2.05, 4.69) is 19.2 Å². The van der Waals surface area contributed by atoms with E-state index < -0.39 is 5.97 Å². The number of nitrogens with one attached hydrogen (secondary N) is 1. The lowest BCUT2D eigenvalue weighted by Crippen LogP contribution is -2.24. The molecule has 1 aromatic heterocycles. The number of aryl methyl sites for hydroxylation is 1. The Balaban J connectivity index is 2.71. The summed E-state index contributed by atoms with van der Waals surface area (Å²) in [4.78, 5) is 22.7. The first kappa shape index (κ1) is 14.3. The summed E-state index contributed by atoms with van der Waals surface area (Å²) in [6, 6.07) is 1.28. The summed E-state index contributed by atoms with van der Waals surface area (Å²) in [5, 5.41) is 11.7.